The molecule has 0 spiro atoms. The number of carbonyl (C=O) groups is 3. The molecule has 0 unspecified atom stereocenters. The third-order valence-electron chi connectivity index (χ3n) is 7.32. The lowest BCUT2D eigenvalue weighted by molar-refractivity contribution is -0.134. The number of hydrogen-bond acceptors (Lipinski definition) is 5. The van der Waals surface area contributed by atoms with Gasteiger partial charge in [0.2, 0.25) is 11.8 Å². The maximum atomic E-state index is 13.0. The third kappa shape index (κ3) is 4.83. The zero-order chi connectivity index (χ0) is 22.0. The van der Waals surface area contributed by atoms with Gasteiger partial charge in [-0.25, -0.2) is 0 Å². The van der Waals surface area contributed by atoms with Crippen molar-refractivity contribution in [2.75, 3.05) is 19.7 Å². The molecule has 3 aliphatic rings. The molecule has 0 bridgehead atoms. The Morgan fingerprint density at radius 2 is 2.03 bits per heavy atom. The van der Waals surface area contributed by atoms with Gasteiger partial charge < -0.3 is 20.7 Å². The van der Waals surface area contributed by atoms with Gasteiger partial charge in [0.05, 0.1) is 18.7 Å². The molecule has 3 N–H and O–H groups in total. The van der Waals surface area contributed by atoms with Crippen LogP contribution in [0.15, 0.2) is 30.3 Å². The normalized spacial score (nSPS) is 29.5. The molecular weight excluding hydrogens is 394 g/mol. The second kappa shape index (κ2) is 9.09. The Morgan fingerprint density at radius 3 is 2.71 bits per heavy atom. The van der Waals surface area contributed by atoms with Gasteiger partial charge in [0.25, 0.3) is 0 Å². The average molecular weight is 428 g/mol. The minimum Gasteiger partial charge on any atom is -0.369 e. The topological polar surface area (TPSA) is 96.5 Å². The largest absolute Gasteiger partial charge is 0.369 e. The number of Topliss-reactive ketones (excluding diaryl/α,β-unsaturated/α-hetero) is 1. The van der Waals surface area contributed by atoms with Crippen LogP contribution in [0.25, 0.3) is 0 Å². The van der Waals surface area contributed by atoms with Crippen molar-refractivity contribution in [3.8, 4) is 0 Å². The van der Waals surface area contributed by atoms with Crippen LogP contribution in [0, 0.1) is 23.2 Å². The maximum absolute atomic E-state index is 13.0. The quantitative estimate of drug-likeness (QED) is 0.554. The summed E-state index contributed by atoms with van der Waals surface area (Å²) in [6, 6.07) is 8.66. The van der Waals surface area contributed by atoms with E-state index in [1.54, 1.807) is 0 Å². The third-order valence-corrected chi connectivity index (χ3v) is 7.32. The van der Waals surface area contributed by atoms with E-state index in [0.29, 0.717) is 31.4 Å². The highest BCUT2D eigenvalue weighted by Gasteiger charge is 2.65. The van der Waals surface area contributed by atoms with Crippen LogP contribution >= 0.6 is 0 Å². The molecule has 2 amide bonds. The first kappa shape index (κ1) is 22.0. The van der Waals surface area contributed by atoms with E-state index in [-0.39, 0.29) is 41.6 Å². The van der Waals surface area contributed by atoms with E-state index in [9.17, 15) is 14.4 Å². The molecular formula is C24H33N3O4. The zero-order valence-corrected chi connectivity index (χ0v) is 18.4. The lowest BCUT2D eigenvalue weighted by atomic mass is 9.90. The Kier molecular flexibility index (Phi) is 6.44. The van der Waals surface area contributed by atoms with Crippen molar-refractivity contribution in [2.24, 2.45) is 23.2 Å². The van der Waals surface area contributed by atoms with Crippen LogP contribution in [0.3, 0.4) is 0 Å². The Bertz CT molecular complexity index is 825. The summed E-state index contributed by atoms with van der Waals surface area (Å²) in [7, 11) is 0. The number of carbonyl (C=O) groups excluding carboxylic acids is 3. The van der Waals surface area contributed by atoms with Gasteiger partial charge in [0, 0.05) is 12.5 Å². The fraction of sp³-hybridized carbons (Fsp3) is 0.625. The van der Waals surface area contributed by atoms with Gasteiger partial charge in [-0.3, -0.25) is 14.4 Å². The molecule has 168 valence electrons. The number of piperidine rings is 2. The molecule has 31 heavy (non-hydrogen) atoms. The van der Waals surface area contributed by atoms with Crippen molar-refractivity contribution in [3.63, 3.8) is 0 Å². The predicted octanol–water partition coefficient (Wildman–Crippen LogP) is 1.42. The van der Waals surface area contributed by atoms with Crippen molar-refractivity contribution in [3.05, 3.63) is 35.9 Å². The van der Waals surface area contributed by atoms with Crippen molar-refractivity contribution in [1.82, 2.24) is 16.0 Å². The van der Waals surface area contributed by atoms with Gasteiger partial charge >= 0.3 is 0 Å². The van der Waals surface area contributed by atoms with Crippen LogP contribution in [-0.4, -0.2) is 49.4 Å². The first-order valence-electron chi connectivity index (χ1n) is 11.3. The molecule has 4 rings (SSSR count). The van der Waals surface area contributed by atoms with Gasteiger partial charge in [-0.05, 0) is 48.6 Å². The molecule has 0 radical (unpaired) electrons. The van der Waals surface area contributed by atoms with Gasteiger partial charge in [0.1, 0.15) is 6.61 Å². The molecule has 5 atom stereocenters. The first-order chi connectivity index (χ1) is 14.9. The lowest BCUT2D eigenvalue weighted by Crippen LogP contribution is -2.52. The predicted molar refractivity (Wildman–Crippen MR) is 116 cm³/mol. The molecule has 2 aliphatic heterocycles. The smallest absolute Gasteiger partial charge is 0.238 e. The number of nitrogens with one attached hydrogen (secondary N) is 3. The maximum Gasteiger partial charge on any atom is 0.238 e. The second-order valence-electron chi connectivity index (χ2n) is 9.71. The molecule has 1 aromatic carbocycles. The summed E-state index contributed by atoms with van der Waals surface area (Å²) in [4.78, 5) is 38.3. The standard InChI is InChI=1S/C24H33N3O4/c1-24(2)17-12-26-21(20(17)24)23(30)27-18(11-16-9-6-10-25-22(16)29)19(28)14-31-13-15-7-4-3-5-8-15/h3-5,7-8,16-18,20-21,26H,6,9-14H2,1-2H3,(H,25,29)(H,27,30)/t16-,17-,18-,20-,21-/m0/s1. The molecule has 7 heteroatoms. The van der Waals surface area contributed by atoms with E-state index in [2.05, 4.69) is 29.8 Å². The summed E-state index contributed by atoms with van der Waals surface area (Å²) >= 11 is 0. The molecule has 7 nitrogen and oxygen atoms in total. The highest BCUT2D eigenvalue weighted by Crippen LogP contribution is 2.62. The average Bonchev–Trinajstić information content (AvgIpc) is 3.09. The van der Waals surface area contributed by atoms with E-state index < -0.39 is 6.04 Å². The van der Waals surface area contributed by atoms with E-state index in [4.69, 9.17) is 4.74 Å². The minimum absolute atomic E-state index is 0.0362. The Labute approximate surface area is 183 Å². The number of benzene rings is 1. The highest BCUT2D eigenvalue weighted by molar-refractivity contribution is 5.92. The van der Waals surface area contributed by atoms with E-state index in [0.717, 1.165) is 24.9 Å². The van der Waals surface area contributed by atoms with E-state index in [1.807, 2.05) is 30.3 Å². The van der Waals surface area contributed by atoms with Crippen LogP contribution in [0.1, 0.15) is 38.7 Å². The van der Waals surface area contributed by atoms with Crippen molar-refractivity contribution in [1.29, 1.82) is 0 Å². The molecule has 1 saturated carbocycles. The van der Waals surface area contributed by atoms with Crippen LogP contribution in [0.2, 0.25) is 0 Å². The Balaban J connectivity index is 1.37. The number of ether oxygens (including phenoxy) is 1. The fourth-order valence-corrected chi connectivity index (χ4v) is 5.30. The summed E-state index contributed by atoms with van der Waals surface area (Å²) in [5.74, 6) is 0.180. The molecule has 1 aliphatic carbocycles. The minimum atomic E-state index is -0.722. The van der Waals surface area contributed by atoms with Gasteiger partial charge in [-0.1, -0.05) is 44.2 Å². The molecule has 0 aromatic heterocycles. The van der Waals surface area contributed by atoms with Crippen molar-refractivity contribution >= 4 is 17.6 Å². The lowest BCUT2D eigenvalue weighted by Gasteiger charge is -2.27. The number of amides is 2. The first-order valence-corrected chi connectivity index (χ1v) is 11.3. The molecule has 2 saturated heterocycles. The number of rotatable bonds is 9. The molecule has 1 aromatic rings. The van der Waals surface area contributed by atoms with Gasteiger partial charge in [0.15, 0.2) is 5.78 Å². The second-order valence-corrected chi connectivity index (χ2v) is 9.71. The zero-order valence-electron chi connectivity index (χ0n) is 18.4. The Hall–Kier alpha value is -2.25. The van der Waals surface area contributed by atoms with Crippen LogP contribution in [0.5, 0.6) is 0 Å². The summed E-state index contributed by atoms with van der Waals surface area (Å²) < 4.78 is 5.63. The highest BCUT2D eigenvalue weighted by atomic mass is 16.5. The van der Waals surface area contributed by atoms with Gasteiger partial charge in [-0.2, -0.15) is 0 Å². The van der Waals surface area contributed by atoms with Crippen molar-refractivity contribution < 1.29 is 19.1 Å². The summed E-state index contributed by atoms with van der Waals surface area (Å²) in [6.45, 7) is 6.12. The molecule has 3 fully saturated rings. The van der Waals surface area contributed by atoms with Crippen LogP contribution in [-0.2, 0) is 25.7 Å². The molecule has 2 heterocycles. The number of ketones is 1. The fourth-order valence-electron chi connectivity index (χ4n) is 5.30. The Morgan fingerprint density at radius 1 is 1.26 bits per heavy atom. The van der Waals surface area contributed by atoms with E-state index >= 15 is 0 Å². The van der Waals surface area contributed by atoms with Gasteiger partial charge in [-0.15, -0.1) is 0 Å². The summed E-state index contributed by atoms with van der Waals surface area (Å²) in [6.07, 6.45) is 1.93. The monoisotopic (exact) mass is 427 g/mol. The SMILES string of the molecule is CC1(C)[C@@H]2[C@@H](C(=O)N[C@@H](C[C@@H]3CCCNC3=O)C(=O)COCc3ccccc3)NC[C@@H]21. The van der Waals surface area contributed by atoms with Crippen LogP contribution in [0.4, 0.5) is 0 Å². The number of hydrogen-bond donors (Lipinski definition) is 3. The van der Waals surface area contributed by atoms with Crippen LogP contribution < -0.4 is 16.0 Å². The van der Waals surface area contributed by atoms with E-state index in [1.165, 1.54) is 0 Å². The summed E-state index contributed by atoms with van der Waals surface area (Å²) in [5, 5.41) is 9.13. The summed E-state index contributed by atoms with van der Waals surface area (Å²) in [5.41, 5.74) is 1.15. The number of fused-ring (bicyclic) bond motifs is 1. The van der Waals surface area contributed by atoms with Crippen molar-refractivity contribution in [2.45, 2.75) is 51.8 Å².